The van der Waals surface area contributed by atoms with Gasteiger partial charge >= 0.3 is 11.8 Å². The first kappa shape index (κ1) is 14.2. The van der Waals surface area contributed by atoms with Gasteiger partial charge in [0.1, 0.15) is 0 Å². The minimum absolute atomic E-state index is 0.0876. The van der Waals surface area contributed by atoms with Gasteiger partial charge in [0, 0.05) is 18.0 Å². The zero-order valence-corrected chi connectivity index (χ0v) is 12.5. The van der Waals surface area contributed by atoms with E-state index in [-0.39, 0.29) is 5.54 Å². The molecule has 0 aliphatic heterocycles. The number of carbonyl (C=O) groups is 2. The van der Waals surface area contributed by atoms with Gasteiger partial charge in [0.15, 0.2) is 0 Å². The first-order valence-electron chi connectivity index (χ1n) is 7.76. The zero-order chi connectivity index (χ0) is 14.2. The van der Waals surface area contributed by atoms with E-state index in [1.165, 1.54) is 19.3 Å². The van der Waals surface area contributed by atoms with Crippen LogP contribution in [0.5, 0.6) is 0 Å². The third kappa shape index (κ3) is 2.80. The van der Waals surface area contributed by atoms with Crippen LogP contribution in [0.15, 0.2) is 0 Å². The van der Waals surface area contributed by atoms with Crippen LogP contribution in [0.3, 0.4) is 0 Å². The van der Waals surface area contributed by atoms with Crippen LogP contribution < -0.4 is 10.6 Å². The molecule has 4 aliphatic carbocycles. The molecule has 112 valence electrons. The highest BCUT2D eigenvalue weighted by Gasteiger charge is 2.51. The number of amides is 2. The molecule has 4 rings (SSSR count). The fourth-order valence-corrected chi connectivity index (χ4v) is 5.04. The second-order valence-electron chi connectivity index (χ2n) is 6.95. The maximum atomic E-state index is 12.1. The number of carbonyl (C=O) groups excluding carboxylic acids is 2. The molecule has 0 aromatic rings. The minimum atomic E-state index is -0.508. The van der Waals surface area contributed by atoms with Crippen molar-refractivity contribution in [3.8, 4) is 0 Å². The Morgan fingerprint density at radius 2 is 1.55 bits per heavy atom. The molecule has 0 radical (unpaired) electrons. The molecule has 5 heteroatoms. The number of alkyl halides is 1. The van der Waals surface area contributed by atoms with Gasteiger partial charge in [-0.25, -0.2) is 0 Å². The van der Waals surface area contributed by atoms with Crippen molar-refractivity contribution in [1.29, 1.82) is 0 Å². The highest BCUT2D eigenvalue weighted by atomic mass is 35.5. The first-order chi connectivity index (χ1) is 9.60. The number of hydrogen-bond donors (Lipinski definition) is 2. The van der Waals surface area contributed by atoms with Crippen LogP contribution >= 0.6 is 11.6 Å². The first-order valence-corrected chi connectivity index (χ1v) is 8.30. The van der Waals surface area contributed by atoms with E-state index in [1.54, 1.807) is 0 Å². The average Bonchev–Trinajstić information content (AvgIpc) is 2.36. The Bertz CT molecular complexity index is 375. The van der Waals surface area contributed by atoms with Crippen LogP contribution in [-0.4, -0.2) is 29.8 Å². The fourth-order valence-electron chi connectivity index (χ4n) is 4.91. The van der Waals surface area contributed by atoms with Crippen LogP contribution in [0, 0.1) is 17.8 Å². The number of nitrogens with one attached hydrogen (secondary N) is 2. The summed E-state index contributed by atoms with van der Waals surface area (Å²) in [5.74, 6) is 1.83. The molecule has 0 aromatic carbocycles. The van der Waals surface area contributed by atoms with Crippen LogP contribution in [0.1, 0.15) is 44.9 Å². The van der Waals surface area contributed by atoms with Crippen molar-refractivity contribution in [1.82, 2.24) is 10.6 Å². The maximum Gasteiger partial charge on any atom is 0.309 e. The topological polar surface area (TPSA) is 58.2 Å². The normalized spacial score (nSPS) is 37.8. The molecule has 0 atom stereocenters. The monoisotopic (exact) mass is 298 g/mol. The van der Waals surface area contributed by atoms with E-state index in [0.29, 0.717) is 18.8 Å². The van der Waals surface area contributed by atoms with Gasteiger partial charge in [-0.15, -0.1) is 11.6 Å². The van der Waals surface area contributed by atoms with Crippen molar-refractivity contribution < 1.29 is 9.59 Å². The van der Waals surface area contributed by atoms with Gasteiger partial charge in [-0.3, -0.25) is 9.59 Å². The molecule has 2 N–H and O–H groups in total. The Morgan fingerprint density at radius 3 is 2.05 bits per heavy atom. The van der Waals surface area contributed by atoms with Gasteiger partial charge in [-0.2, -0.15) is 0 Å². The number of rotatable bonds is 4. The van der Waals surface area contributed by atoms with Crippen LogP contribution in [0.4, 0.5) is 0 Å². The fraction of sp³-hybridized carbons (Fsp3) is 0.867. The molecule has 4 aliphatic rings. The van der Waals surface area contributed by atoms with E-state index in [0.717, 1.165) is 37.0 Å². The smallest absolute Gasteiger partial charge is 0.309 e. The Labute approximate surface area is 125 Å². The van der Waals surface area contributed by atoms with Gasteiger partial charge in [0.25, 0.3) is 0 Å². The van der Waals surface area contributed by atoms with Crippen molar-refractivity contribution in [3.05, 3.63) is 0 Å². The van der Waals surface area contributed by atoms with Crippen LogP contribution in [0.2, 0.25) is 0 Å². The van der Waals surface area contributed by atoms with Crippen molar-refractivity contribution in [3.63, 3.8) is 0 Å². The number of halogens is 1. The SMILES string of the molecule is O=C(NCCCCl)C(=O)NC12CC3CC(CC(C3)C1)C2. The lowest BCUT2D eigenvalue weighted by atomic mass is 9.53. The molecule has 20 heavy (non-hydrogen) atoms. The van der Waals surface area contributed by atoms with Crippen molar-refractivity contribution in [2.45, 2.75) is 50.5 Å². The van der Waals surface area contributed by atoms with E-state index in [4.69, 9.17) is 11.6 Å². The zero-order valence-electron chi connectivity index (χ0n) is 11.8. The molecular weight excluding hydrogens is 276 g/mol. The summed E-state index contributed by atoms with van der Waals surface area (Å²) in [6.45, 7) is 0.469. The Balaban J connectivity index is 1.57. The quantitative estimate of drug-likeness (QED) is 0.472. The molecule has 0 unspecified atom stereocenters. The largest absolute Gasteiger partial charge is 0.348 e. The van der Waals surface area contributed by atoms with Crippen molar-refractivity contribution >= 4 is 23.4 Å². The Hall–Kier alpha value is -0.770. The molecule has 4 nitrogen and oxygen atoms in total. The standard InChI is InChI=1S/C15H23ClN2O2/c16-2-1-3-17-13(19)14(20)18-15-7-10-4-11(8-15)6-12(5-10)9-15/h10-12H,1-9H2,(H,17,19)(H,18,20). The summed E-state index contributed by atoms with van der Waals surface area (Å²) in [6.07, 6.45) is 7.89. The third-order valence-electron chi connectivity index (χ3n) is 5.22. The summed E-state index contributed by atoms with van der Waals surface area (Å²) in [5.41, 5.74) is -0.0876. The molecular formula is C15H23ClN2O2. The van der Waals surface area contributed by atoms with E-state index in [9.17, 15) is 9.59 Å². The molecule has 0 spiro atoms. The van der Waals surface area contributed by atoms with Gasteiger partial charge in [0.05, 0.1) is 0 Å². The summed E-state index contributed by atoms with van der Waals surface area (Å²) in [7, 11) is 0. The molecule has 4 bridgehead atoms. The van der Waals surface area contributed by atoms with Crippen LogP contribution in [0.25, 0.3) is 0 Å². The molecule has 0 aromatic heterocycles. The Kier molecular flexibility index (Phi) is 3.93. The lowest BCUT2D eigenvalue weighted by Gasteiger charge is -2.56. The van der Waals surface area contributed by atoms with E-state index >= 15 is 0 Å². The minimum Gasteiger partial charge on any atom is -0.348 e. The van der Waals surface area contributed by atoms with E-state index < -0.39 is 11.8 Å². The van der Waals surface area contributed by atoms with Gasteiger partial charge in [0.2, 0.25) is 0 Å². The highest BCUT2D eigenvalue weighted by Crippen LogP contribution is 2.55. The van der Waals surface area contributed by atoms with E-state index in [2.05, 4.69) is 10.6 Å². The third-order valence-corrected chi connectivity index (χ3v) is 5.49. The predicted molar refractivity (Wildman–Crippen MR) is 77.4 cm³/mol. The Morgan fingerprint density at radius 1 is 1.00 bits per heavy atom. The lowest BCUT2D eigenvalue weighted by Crippen LogP contribution is -2.61. The predicted octanol–water partition coefficient (Wildman–Crippen LogP) is 1.82. The molecule has 2 amide bonds. The summed E-state index contributed by atoms with van der Waals surface area (Å²) in [6, 6.07) is 0. The second kappa shape index (κ2) is 5.55. The molecule has 4 fully saturated rings. The summed E-state index contributed by atoms with van der Waals surface area (Å²) < 4.78 is 0. The van der Waals surface area contributed by atoms with Crippen molar-refractivity contribution in [2.75, 3.05) is 12.4 Å². The summed E-state index contributed by atoms with van der Waals surface area (Å²) >= 11 is 5.56. The number of hydrogen-bond acceptors (Lipinski definition) is 2. The lowest BCUT2D eigenvalue weighted by molar-refractivity contribution is -0.142. The highest BCUT2D eigenvalue weighted by molar-refractivity contribution is 6.35. The summed E-state index contributed by atoms with van der Waals surface area (Å²) in [5, 5.41) is 5.70. The molecule has 0 heterocycles. The van der Waals surface area contributed by atoms with Crippen LogP contribution in [-0.2, 0) is 9.59 Å². The molecule has 4 saturated carbocycles. The van der Waals surface area contributed by atoms with Gasteiger partial charge in [-0.05, 0) is 62.7 Å². The molecule has 0 saturated heterocycles. The van der Waals surface area contributed by atoms with Crippen molar-refractivity contribution in [2.24, 2.45) is 17.8 Å². The average molecular weight is 299 g/mol. The second-order valence-corrected chi connectivity index (χ2v) is 7.33. The van der Waals surface area contributed by atoms with Gasteiger partial charge < -0.3 is 10.6 Å². The van der Waals surface area contributed by atoms with Gasteiger partial charge in [-0.1, -0.05) is 0 Å². The van der Waals surface area contributed by atoms with E-state index in [1.807, 2.05) is 0 Å². The summed E-state index contributed by atoms with van der Waals surface area (Å²) in [4.78, 5) is 23.8. The maximum absolute atomic E-state index is 12.1.